The van der Waals surface area contributed by atoms with Gasteiger partial charge in [0.1, 0.15) is 0 Å². The first-order valence-corrected chi connectivity index (χ1v) is 6.31. The Morgan fingerprint density at radius 1 is 1.53 bits per heavy atom. The summed E-state index contributed by atoms with van der Waals surface area (Å²) in [5.74, 6) is -0.287. The zero-order chi connectivity index (χ0) is 13.9. The molecule has 0 unspecified atom stereocenters. The minimum absolute atomic E-state index is 0. The van der Waals surface area contributed by atoms with Gasteiger partial charge in [-0.1, -0.05) is 0 Å². The number of nitrogens with zero attached hydrogens (tertiary/aromatic N) is 1. The summed E-state index contributed by atoms with van der Waals surface area (Å²) in [6, 6.07) is 4.12. The lowest BCUT2D eigenvalue weighted by molar-refractivity contribution is -0.384. The molecule has 0 aliphatic rings. The van der Waals surface area contributed by atoms with Gasteiger partial charge in [0.2, 0.25) is 0 Å². The van der Waals surface area contributed by atoms with Gasteiger partial charge in [-0.3, -0.25) is 14.9 Å². The van der Waals surface area contributed by atoms with Gasteiger partial charge in [0.25, 0.3) is 11.6 Å². The molecule has 0 bridgehead atoms. The van der Waals surface area contributed by atoms with E-state index < -0.39 is 10.5 Å². The number of carbonyl (C=O) groups is 1. The molecule has 0 aliphatic heterocycles. The lowest BCUT2D eigenvalue weighted by Gasteiger charge is -2.24. The summed E-state index contributed by atoms with van der Waals surface area (Å²) < 4.78 is 0.534. The Morgan fingerprint density at radius 2 is 2.11 bits per heavy atom. The quantitative estimate of drug-likeness (QED) is 0.460. The first-order valence-electron chi connectivity index (χ1n) is 5.23. The van der Waals surface area contributed by atoms with Crippen LogP contribution in [0.5, 0.6) is 0 Å². The maximum atomic E-state index is 12.0. The Bertz CT molecular complexity index is 494. The van der Waals surface area contributed by atoms with Crippen molar-refractivity contribution in [2.45, 2.75) is 19.4 Å². The zero-order valence-corrected chi connectivity index (χ0v) is 13.4. The molecule has 1 aromatic rings. The standard InChI is InChI=1S/C11H14IN3O3.ClH/c1-11(2,6-13)14-10(16)8-4-3-7(15(17)18)5-9(8)12;/h3-5H,6,13H2,1-2H3,(H,14,16);1H. The van der Waals surface area contributed by atoms with Gasteiger partial charge in [0, 0.05) is 27.8 Å². The van der Waals surface area contributed by atoms with E-state index in [-0.39, 0.29) is 24.0 Å². The van der Waals surface area contributed by atoms with Crippen molar-refractivity contribution in [2.75, 3.05) is 6.54 Å². The number of nitrogens with two attached hydrogens (primary N) is 1. The van der Waals surface area contributed by atoms with E-state index in [2.05, 4.69) is 5.32 Å². The molecule has 1 aromatic carbocycles. The fraction of sp³-hybridized carbons (Fsp3) is 0.364. The van der Waals surface area contributed by atoms with Gasteiger partial charge in [-0.05, 0) is 42.5 Å². The topological polar surface area (TPSA) is 98.3 Å². The third-order valence-corrected chi connectivity index (χ3v) is 3.26. The largest absolute Gasteiger partial charge is 0.346 e. The van der Waals surface area contributed by atoms with Gasteiger partial charge in [0.15, 0.2) is 0 Å². The molecule has 6 nitrogen and oxygen atoms in total. The second-order valence-corrected chi connectivity index (χ2v) is 5.63. The highest BCUT2D eigenvalue weighted by Gasteiger charge is 2.21. The molecule has 1 amide bonds. The van der Waals surface area contributed by atoms with Crippen molar-refractivity contribution in [3.63, 3.8) is 0 Å². The van der Waals surface area contributed by atoms with Gasteiger partial charge < -0.3 is 11.1 Å². The summed E-state index contributed by atoms with van der Waals surface area (Å²) in [5, 5.41) is 13.4. The summed E-state index contributed by atoms with van der Waals surface area (Å²) in [4.78, 5) is 22.1. The summed E-state index contributed by atoms with van der Waals surface area (Å²) >= 11 is 1.90. The number of non-ortho nitro benzene ring substituents is 1. The SMILES string of the molecule is CC(C)(CN)NC(=O)c1ccc([N+](=O)[O-])cc1I.Cl. The van der Waals surface area contributed by atoms with Crippen LogP contribution in [0.15, 0.2) is 18.2 Å². The third kappa shape index (κ3) is 4.92. The lowest BCUT2D eigenvalue weighted by atomic mass is 10.1. The van der Waals surface area contributed by atoms with Gasteiger partial charge in [-0.15, -0.1) is 12.4 Å². The molecular formula is C11H15ClIN3O3. The van der Waals surface area contributed by atoms with Gasteiger partial charge in [0.05, 0.1) is 10.5 Å². The molecule has 8 heteroatoms. The highest BCUT2D eigenvalue weighted by atomic mass is 127. The monoisotopic (exact) mass is 399 g/mol. The molecule has 0 spiro atoms. The van der Waals surface area contributed by atoms with E-state index in [1.807, 2.05) is 36.4 Å². The molecule has 0 radical (unpaired) electrons. The molecule has 106 valence electrons. The molecule has 0 aliphatic carbocycles. The summed E-state index contributed by atoms with van der Waals surface area (Å²) in [6.07, 6.45) is 0. The molecule has 0 atom stereocenters. The fourth-order valence-corrected chi connectivity index (χ4v) is 1.97. The Morgan fingerprint density at radius 3 is 2.53 bits per heavy atom. The van der Waals surface area contributed by atoms with E-state index in [1.165, 1.54) is 18.2 Å². The number of hydrogen-bond acceptors (Lipinski definition) is 4. The van der Waals surface area contributed by atoms with Crippen molar-refractivity contribution in [1.82, 2.24) is 5.32 Å². The molecule has 1 rings (SSSR count). The van der Waals surface area contributed by atoms with Crippen LogP contribution in [0, 0.1) is 13.7 Å². The molecule has 0 saturated heterocycles. The molecule has 19 heavy (non-hydrogen) atoms. The van der Waals surface area contributed by atoms with E-state index in [0.29, 0.717) is 15.7 Å². The van der Waals surface area contributed by atoms with Crippen molar-refractivity contribution in [3.8, 4) is 0 Å². The summed E-state index contributed by atoms with van der Waals surface area (Å²) in [5.41, 5.74) is 5.39. The van der Waals surface area contributed by atoms with Gasteiger partial charge >= 0.3 is 0 Å². The van der Waals surface area contributed by atoms with Crippen LogP contribution in [0.1, 0.15) is 24.2 Å². The fourth-order valence-electron chi connectivity index (χ4n) is 1.23. The van der Waals surface area contributed by atoms with Gasteiger partial charge in [-0.25, -0.2) is 0 Å². The summed E-state index contributed by atoms with van der Waals surface area (Å²) in [7, 11) is 0. The van der Waals surface area contributed by atoms with Crippen LogP contribution < -0.4 is 11.1 Å². The maximum Gasteiger partial charge on any atom is 0.270 e. The van der Waals surface area contributed by atoms with Crippen molar-refractivity contribution in [3.05, 3.63) is 37.4 Å². The Balaban J connectivity index is 0.00000324. The van der Waals surface area contributed by atoms with E-state index >= 15 is 0 Å². The zero-order valence-electron chi connectivity index (χ0n) is 10.5. The highest BCUT2D eigenvalue weighted by molar-refractivity contribution is 14.1. The minimum Gasteiger partial charge on any atom is -0.346 e. The van der Waals surface area contributed by atoms with E-state index in [1.54, 1.807) is 0 Å². The number of hydrogen-bond donors (Lipinski definition) is 2. The number of benzene rings is 1. The van der Waals surface area contributed by atoms with Crippen LogP contribution in [0.2, 0.25) is 0 Å². The van der Waals surface area contributed by atoms with E-state index in [4.69, 9.17) is 5.73 Å². The predicted octanol–water partition coefficient (Wildman–Crippen LogP) is 2.09. The number of nitrogens with one attached hydrogen (secondary N) is 1. The van der Waals surface area contributed by atoms with Crippen LogP contribution in [0.4, 0.5) is 5.69 Å². The molecule has 0 aromatic heterocycles. The second-order valence-electron chi connectivity index (χ2n) is 4.46. The molecule has 0 fully saturated rings. The number of halogens is 2. The van der Waals surface area contributed by atoms with Crippen molar-refractivity contribution in [1.29, 1.82) is 0 Å². The van der Waals surface area contributed by atoms with E-state index in [9.17, 15) is 14.9 Å². The predicted molar refractivity (Wildman–Crippen MR) is 83.7 cm³/mol. The molecular weight excluding hydrogens is 384 g/mol. The number of rotatable bonds is 4. The van der Waals surface area contributed by atoms with Crippen LogP contribution in [0.25, 0.3) is 0 Å². The van der Waals surface area contributed by atoms with Crippen molar-refractivity contribution < 1.29 is 9.72 Å². The number of amides is 1. The highest BCUT2D eigenvalue weighted by Crippen LogP contribution is 2.20. The number of nitro groups is 1. The van der Waals surface area contributed by atoms with Crippen LogP contribution in [-0.4, -0.2) is 22.9 Å². The first kappa shape index (κ1) is 18.1. The Kier molecular flexibility index (Phi) is 6.67. The molecule has 0 heterocycles. The molecule has 0 saturated carbocycles. The van der Waals surface area contributed by atoms with E-state index in [0.717, 1.165) is 0 Å². The van der Waals surface area contributed by atoms with Crippen molar-refractivity contribution in [2.24, 2.45) is 5.73 Å². The van der Waals surface area contributed by atoms with Crippen LogP contribution >= 0.6 is 35.0 Å². The second kappa shape index (κ2) is 7.01. The normalized spacial score (nSPS) is 10.5. The maximum absolute atomic E-state index is 12.0. The first-order chi connectivity index (χ1) is 8.26. The van der Waals surface area contributed by atoms with Crippen LogP contribution in [0.3, 0.4) is 0 Å². The Labute approximate surface area is 130 Å². The number of nitro benzene ring substituents is 1. The third-order valence-electron chi connectivity index (χ3n) is 2.37. The average Bonchev–Trinajstić information content (AvgIpc) is 2.28. The molecule has 3 N–H and O–H groups in total. The van der Waals surface area contributed by atoms with Crippen LogP contribution in [-0.2, 0) is 0 Å². The smallest absolute Gasteiger partial charge is 0.270 e. The Hall–Kier alpha value is -0.930. The number of carbonyl (C=O) groups excluding carboxylic acids is 1. The van der Waals surface area contributed by atoms with Crippen molar-refractivity contribution >= 4 is 46.6 Å². The average molecular weight is 400 g/mol. The van der Waals surface area contributed by atoms with Gasteiger partial charge in [-0.2, -0.15) is 0 Å². The minimum atomic E-state index is -0.512. The lowest BCUT2D eigenvalue weighted by Crippen LogP contribution is -2.49. The summed E-state index contributed by atoms with van der Waals surface area (Å²) in [6.45, 7) is 3.93.